The highest BCUT2D eigenvalue weighted by atomic mass is 35.5. The van der Waals surface area contributed by atoms with Crippen LogP contribution in [-0.4, -0.2) is 17.4 Å². The highest BCUT2D eigenvalue weighted by Crippen LogP contribution is 2.21. The van der Waals surface area contributed by atoms with Crippen molar-refractivity contribution in [2.45, 2.75) is 13.0 Å². The lowest BCUT2D eigenvalue weighted by Gasteiger charge is -2.22. The second-order valence-electron chi connectivity index (χ2n) is 4.78. The molecule has 0 heterocycles. The molecule has 0 saturated carbocycles. The Bertz CT molecular complexity index is 675. The van der Waals surface area contributed by atoms with Crippen molar-refractivity contribution >= 4 is 29.1 Å². The number of carbonyl (C=O) groups excluding carboxylic acids is 1. The summed E-state index contributed by atoms with van der Waals surface area (Å²) in [5, 5.41) is 9.62. The summed E-state index contributed by atoms with van der Waals surface area (Å²) in [6, 6.07) is 16.4. The molecule has 0 radical (unpaired) electrons. The van der Waals surface area contributed by atoms with E-state index < -0.39 is 0 Å². The van der Waals surface area contributed by atoms with E-state index in [2.05, 4.69) is 6.07 Å². The second-order valence-corrected chi connectivity index (χ2v) is 5.65. The van der Waals surface area contributed by atoms with E-state index in [1.54, 1.807) is 23.1 Å². The first-order valence-corrected chi connectivity index (χ1v) is 7.52. The Morgan fingerprint density at radius 3 is 2.32 bits per heavy atom. The van der Waals surface area contributed by atoms with Crippen molar-refractivity contribution in [3.05, 3.63) is 69.7 Å². The molecule has 0 aliphatic heterocycles. The van der Waals surface area contributed by atoms with Gasteiger partial charge in [0.05, 0.1) is 12.5 Å². The monoisotopic (exact) mass is 332 g/mol. The van der Waals surface area contributed by atoms with E-state index in [0.717, 1.165) is 5.56 Å². The minimum atomic E-state index is -0.191. The van der Waals surface area contributed by atoms with Crippen molar-refractivity contribution < 1.29 is 4.79 Å². The number of rotatable bonds is 5. The van der Waals surface area contributed by atoms with Gasteiger partial charge in [0.2, 0.25) is 0 Å². The normalized spacial score (nSPS) is 10.0. The van der Waals surface area contributed by atoms with Gasteiger partial charge in [-0.25, -0.2) is 0 Å². The molecule has 22 heavy (non-hydrogen) atoms. The van der Waals surface area contributed by atoms with Crippen molar-refractivity contribution in [1.82, 2.24) is 4.90 Å². The van der Waals surface area contributed by atoms with Crippen LogP contribution in [0.4, 0.5) is 0 Å². The first-order valence-electron chi connectivity index (χ1n) is 6.76. The van der Waals surface area contributed by atoms with Crippen LogP contribution in [0.5, 0.6) is 0 Å². The van der Waals surface area contributed by atoms with Gasteiger partial charge in [-0.05, 0) is 23.8 Å². The van der Waals surface area contributed by atoms with Crippen LogP contribution in [0.3, 0.4) is 0 Å². The highest BCUT2D eigenvalue weighted by Gasteiger charge is 2.17. The first-order chi connectivity index (χ1) is 10.6. The summed E-state index contributed by atoms with van der Waals surface area (Å²) in [5.41, 5.74) is 1.42. The molecule has 0 fully saturated rings. The lowest BCUT2D eigenvalue weighted by molar-refractivity contribution is 0.0747. The number of nitriles is 1. The van der Waals surface area contributed by atoms with E-state index in [9.17, 15) is 4.79 Å². The van der Waals surface area contributed by atoms with Crippen molar-refractivity contribution in [2.75, 3.05) is 6.54 Å². The summed E-state index contributed by atoms with van der Waals surface area (Å²) in [5.74, 6) is -0.191. The van der Waals surface area contributed by atoms with E-state index >= 15 is 0 Å². The molecule has 0 aromatic heterocycles. The van der Waals surface area contributed by atoms with Gasteiger partial charge in [0, 0.05) is 28.7 Å². The Labute approximate surface area is 139 Å². The standard InChI is InChI=1S/C17H14Cl2N2O/c18-15-9-14(10-16(19)11-15)17(22)21(8-4-7-20)12-13-5-2-1-3-6-13/h1-3,5-6,9-11H,4,8,12H2. The Hall–Kier alpha value is -2.02. The number of halogens is 2. The molecule has 0 saturated heterocycles. The van der Waals surface area contributed by atoms with Crippen LogP contribution in [0.25, 0.3) is 0 Å². The third-order valence-electron chi connectivity index (χ3n) is 3.11. The van der Waals surface area contributed by atoms with Crippen molar-refractivity contribution in [3.8, 4) is 6.07 Å². The fourth-order valence-electron chi connectivity index (χ4n) is 2.10. The molecule has 0 aliphatic rings. The van der Waals surface area contributed by atoms with Gasteiger partial charge < -0.3 is 4.90 Å². The van der Waals surface area contributed by atoms with Gasteiger partial charge in [-0.3, -0.25) is 4.79 Å². The smallest absolute Gasteiger partial charge is 0.254 e. The molecule has 2 aromatic carbocycles. The van der Waals surface area contributed by atoms with Crippen LogP contribution in [0, 0.1) is 11.3 Å². The molecule has 2 rings (SSSR count). The third-order valence-corrected chi connectivity index (χ3v) is 3.54. The lowest BCUT2D eigenvalue weighted by Crippen LogP contribution is -2.31. The predicted molar refractivity (Wildman–Crippen MR) is 87.9 cm³/mol. The SMILES string of the molecule is N#CCCN(Cc1ccccc1)C(=O)c1cc(Cl)cc(Cl)c1. The number of benzene rings is 2. The molecular weight excluding hydrogens is 319 g/mol. The van der Waals surface area contributed by atoms with E-state index in [0.29, 0.717) is 28.7 Å². The fraction of sp³-hybridized carbons (Fsp3) is 0.176. The summed E-state index contributed by atoms with van der Waals surface area (Å²) in [6.45, 7) is 0.792. The van der Waals surface area contributed by atoms with Gasteiger partial charge in [0.1, 0.15) is 0 Å². The highest BCUT2D eigenvalue weighted by molar-refractivity contribution is 6.35. The van der Waals surface area contributed by atoms with Crippen molar-refractivity contribution in [2.24, 2.45) is 0 Å². The number of carbonyl (C=O) groups is 1. The molecule has 112 valence electrons. The summed E-state index contributed by atoms with van der Waals surface area (Å²) < 4.78 is 0. The quantitative estimate of drug-likeness (QED) is 0.806. The van der Waals surface area contributed by atoms with Gasteiger partial charge in [-0.2, -0.15) is 5.26 Å². The molecule has 2 aromatic rings. The summed E-state index contributed by atoms with van der Waals surface area (Å²) in [4.78, 5) is 14.3. The third kappa shape index (κ3) is 4.49. The average molecular weight is 333 g/mol. The Balaban J connectivity index is 2.24. The van der Waals surface area contributed by atoms with E-state index in [4.69, 9.17) is 28.5 Å². The maximum Gasteiger partial charge on any atom is 0.254 e. The zero-order valence-electron chi connectivity index (χ0n) is 11.8. The van der Waals surface area contributed by atoms with E-state index in [1.807, 2.05) is 30.3 Å². The van der Waals surface area contributed by atoms with Gasteiger partial charge >= 0.3 is 0 Å². The van der Waals surface area contributed by atoms with Crippen LogP contribution >= 0.6 is 23.2 Å². The largest absolute Gasteiger partial charge is 0.333 e. The summed E-state index contributed by atoms with van der Waals surface area (Å²) in [7, 11) is 0. The lowest BCUT2D eigenvalue weighted by atomic mass is 10.1. The maximum atomic E-state index is 12.7. The molecule has 3 nitrogen and oxygen atoms in total. The number of hydrogen-bond acceptors (Lipinski definition) is 2. The van der Waals surface area contributed by atoms with Crippen LogP contribution < -0.4 is 0 Å². The zero-order valence-corrected chi connectivity index (χ0v) is 13.3. The van der Waals surface area contributed by atoms with Gasteiger partial charge in [-0.15, -0.1) is 0 Å². The van der Waals surface area contributed by atoms with Gasteiger partial charge in [-0.1, -0.05) is 53.5 Å². The zero-order chi connectivity index (χ0) is 15.9. The van der Waals surface area contributed by atoms with Crippen LogP contribution in [0.1, 0.15) is 22.3 Å². The van der Waals surface area contributed by atoms with Crippen LogP contribution in [0.15, 0.2) is 48.5 Å². The Kier molecular flexibility index (Phi) is 5.83. The minimum Gasteiger partial charge on any atom is -0.333 e. The average Bonchev–Trinajstić information content (AvgIpc) is 2.50. The summed E-state index contributed by atoms with van der Waals surface area (Å²) >= 11 is 11.9. The molecule has 0 unspecified atom stereocenters. The molecule has 0 aliphatic carbocycles. The molecule has 0 spiro atoms. The second kappa shape index (κ2) is 7.84. The Morgan fingerprint density at radius 1 is 1.09 bits per heavy atom. The van der Waals surface area contributed by atoms with Crippen LogP contribution in [-0.2, 0) is 6.54 Å². The number of hydrogen-bond donors (Lipinski definition) is 0. The Morgan fingerprint density at radius 2 is 1.73 bits per heavy atom. The molecule has 5 heteroatoms. The topological polar surface area (TPSA) is 44.1 Å². The molecule has 0 N–H and O–H groups in total. The fourth-order valence-corrected chi connectivity index (χ4v) is 2.63. The number of nitrogens with zero attached hydrogens (tertiary/aromatic N) is 2. The van der Waals surface area contributed by atoms with Crippen LogP contribution in [0.2, 0.25) is 10.0 Å². The molecule has 0 bridgehead atoms. The summed E-state index contributed by atoms with van der Waals surface area (Å²) in [6.07, 6.45) is 0.271. The predicted octanol–water partition coefficient (Wildman–Crippen LogP) is 4.55. The van der Waals surface area contributed by atoms with Crippen molar-refractivity contribution in [1.29, 1.82) is 5.26 Å². The van der Waals surface area contributed by atoms with Gasteiger partial charge in [0.15, 0.2) is 0 Å². The molecular formula is C17H14Cl2N2O. The van der Waals surface area contributed by atoms with E-state index in [-0.39, 0.29) is 12.3 Å². The first kappa shape index (κ1) is 16.4. The molecule has 1 amide bonds. The maximum absolute atomic E-state index is 12.7. The van der Waals surface area contributed by atoms with E-state index in [1.165, 1.54) is 0 Å². The number of amides is 1. The minimum absolute atomic E-state index is 0.191. The van der Waals surface area contributed by atoms with Crippen molar-refractivity contribution in [3.63, 3.8) is 0 Å². The molecule has 0 atom stereocenters. The van der Waals surface area contributed by atoms with Gasteiger partial charge in [0.25, 0.3) is 5.91 Å².